The fourth-order valence-corrected chi connectivity index (χ4v) is 5.95. The zero-order valence-corrected chi connectivity index (χ0v) is 30.9. The molecule has 288 valence electrons. The van der Waals surface area contributed by atoms with Crippen LogP contribution in [-0.2, 0) is 28.5 Å². The summed E-state index contributed by atoms with van der Waals surface area (Å²) >= 11 is 0. The van der Waals surface area contributed by atoms with Crippen LogP contribution in [-0.4, -0.2) is 89.0 Å². The van der Waals surface area contributed by atoms with Crippen LogP contribution in [0.3, 0.4) is 0 Å². The van der Waals surface area contributed by atoms with Crippen LogP contribution < -0.4 is 0 Å². The van der Waals surface area contributed by atoms with E-state index in [1.807, 2.05) is 0 Å². The van der Waals surface area contributed by atoms with Crippen molar-refractivity contribution in [2.24, 2.45) is 0 Å². The van der Waals surface area contributed by atoms with E-state index in [1.54, 1.807) is 0 Å². The van der Waals surface area contributed by atoms with Gasteiger partial charge in [-0.3, -0.25) is 9.59 Å². The molecule has 1 rings (SSSR count). The van der Waals surface area contributed by atoms with E-state index in [-0.39, 0.29) is 32.0 Å². The maximum atomic E-state index is 12.7. The fraction of sp³-hybridized carbons (Fsp3) is 0.897. The first-order valence-electron chi connectivity index (χ1n) is 19.8. The molecule has 1 fully saturated rings. The Hall–Kier alpha value is -1.56. The third kappa shape index (κ3) is 23.5. The van der Waals surface area contributed by atoms with Gasteiger partial charge >= 0.3 is 11.9 Å². The lowest BCUT2D eigenvalue weighted by molar-refractivity contribution is -0.305. The second-order valence-electron chi connectivity index (χ2n) is 13.7. The molecule has 49 heavy (non-hydrogen) atoms. The zero-order valence-electron chi connectivity index (χ0n) is 30.9. The quantitative estimate of drug-likeness (QED) is 0.0322. The normalized spacial score (nSPS) is 21.6. The van der Waals surface area contributed by atoms with E-state index < -0.39 is 49.4 Å². The van der Waals surface area contributed by atoms with Gasteiger partial charge in [0.2, 0.25) is 0 Å². The van der Waals surface area contributed by atoms with Gasteiger partial charge in [-0.25, -0.2) is 0 Å². The molecule has 1 aliphatic heterocycles. The first kappa shape index (κ1) is 45.5. The molecular weight excluding hydrogens is 628 g/mol. The Kier molecular flexibility index (Phi) is 28.9. The summed E-state index contributed by atoms with van der Waals surface area (Å²) in [7, 11) is 0. The lowest BCUT2D eigenvalue weighted by Gasteiger charge is -2.39. The van der Waals surface area contributed by atoms with E-state index in [4.69, 9.17) is 18.9 Å². The van der Waals surface area contributed by atoms with Crippen LogP contribution in [0.5, 0.6) is 0 Å². The number of hydrogen-bond donors (Lipinski definition) is 4. The van der Waals surface area contributed by atoms with Gasteiger partial charge in [-0.05, 0) is 38.5 Å². The summed E-state index contributed by atoms with van der Waals surface area (Å²) in [6.45, 7) is 3.37. The van der Waals surface area contributed by atoms with E-state index in [0.717, 1.165) is 51.4 Å². The highest BCUT2D eigenvalue weighted by atomic mass is 16.7. The molecule has 10 nitrogen and oxygen atoms in total. The second kappa shape index (κ2) is 31.2. The highest BCUT2D eigenvalue weighted by Gasteiger charge is 2.44. The Morgan fingerprint density at radius 2 is 1.08 bits per heavy atom. The standard InChI is InChI=1S/C39H72O10/c1-3-5-7-9-11-13-14-15-16-17-18-20-22-24-26-28-35(42)48-32(31-47-39-38(45)37(44)36(43)33(29-40)49-39)30-46-34(41)27-25-23-21-19-12-10-8-6-4-2/h15-16,32-33,36-40,43-45H,3-14,17-31H2,1-2H3/b16-15+/t32?,33-,36-,37+,38-,39-/m1/s1. The number of hydrogen-bond acceptors (Lipinski definition) is 10. The SMILES string of the molecule is CCCCCCCC/C=C/CCCCCCCC(=O)OC(COC(=O)CCCCCCCCCCC)CO[C@@H]1O[C@H](CO)[C@@H](O)[C@H](O)[C@H]1O. The van der Waals surface area contributed by atoms with Gasteiger partial charge in [-0.1, -0.05) is 129 Å². The monoisotopic (exact) mass is 701 g/mol. The molecule has 0 aromatic rings. The van der Waals surface area contributed by atoms with E-state index in [2.05, 4.69) is 26.0 Å². The highest BCUT2D eigenvalue weighted by Crippen LogP contribution is 2.22. The van der Waals surface area contributed by atoms with Gasteiger partial charge in [0, 0.05) is 12.8 Å². The molecule has 0 saturated carbocycles. The summed E-state index contributed by atoms with van der Waals surface area (Å²) in [4.78, 5) is 25.1. The van der Waals surface area contributed by atoms with Gasteiger partial charge in [0.1, 0.15) is 31.0 Å². The van der Waals surface area contributed by atoms with Crippen LogP contribution in [0, 0.1) is 0 Å². The first-order valence-corrected chi connectivity index (χ1v) is 19.8. The van der Waals surface area contributed by atoms with Crippen molar-refractivity contribution in [1.29, 1.82) is 0 Å². The molecule has 6 atom stereocenters. The Bertz CT molecular complexity index is 820. The number of allylic oxidation sites excluding steroid dienone is 2. The molecule has 0 aromatic heterocycles. The van der Waals surface area contributed by atoms with Crippen LogP contribution in [0.1, 0.15) is 168 Å². The molecular formula is C39H72O10. The molecule has 0 amide bonds. The minimum atomic E-state index is -1.59. The van der Waals surface area contributed by atoms with Crippen molar-refractivity contribution < 1.29 is 49.0 Å². The first-order chi connectivity index (χ1) is 23.8. The molecule has 1 unspecified atom stereocenters. The van der Waals surface area contributed by atoms with E-state index >= 15 is 0 Å². The topological polar surface area (TPSA) is 152 Å². The van der Waals surface area contributed by atoms with Crippen LogP contribution in [0.25, 0.3) is 0 Å². The van der Waals surface area contributed by atoms with Crippen molar-refractivity contribution in [2.75, 3.05) is 19.8 Å². The summed E-state index contributed by atoms with van der Waals surface area (Å²) in [5.74, 6) is -0.816. The van der Waals surface area contributed by atoms with Crippen molar-refractivity contribution in [3.63, 3.8) is 0 Å². The number of aliphatic hydroxyl groups is 4. The van der Waals surface area contributed by atoms with Gasteiger partial charge in [0.15, 0.2) is 12.4 Å². The summed E-state index contributed by atoms with van der Waals surface area (Å²) in [5.41, 5.74) is 0. The van der Waals surface area contributed by atoms with Crippen LogP contribution in [0.2, 0.25) is 0 Å². The maximum Gasteiger partial charge on any atom is 0.306 e. The van der Waals surface area contributed by atoms with Crippen LogP contribution >= 0.6 is 0 Å². The minimum Gasteiger partial charge on any atom is -0.462 e. The van der Waals surface area contributed by atoms with Gasteiger partial charge in [-0.2, -0.15) is 0 Å². The molecule has 0 bridgehead atoms. The number of ether oxygens (including phenoxy) is 4. The molecule has 1 aliphatic rings. The Labute approximate surface area is 297 Å². The van der Waals surface area contributed by atoms with Crippen LogP contribution in [0.15, 0.2) is 12.2 Å². The van der Waals surface area contributed by atoms with E-state index in [0.29, 0.717) is 6.42 Å². The summed E-state index contributed by atoms with van der Waals surface area (Å²) in [5, 5.41) is 39.9. The zero-order chi connectivity index (χ0) is 36.0. The van der Waals surface area contributed by atoms with Crippen molar-refractivity contribution in [3.05, 3.63) is 12.2 Å². The van der Waals surface area contributed by atoms with Gasteiger partial charge in [0.25, 0.3) is 0 Å². The Balaban J connectivity index is 2.38. The molecule has 0 radical (unpaired) electrons. The Morgan fingerprint density at radius 3 is 1.59 bits per heavy atom. The lowest BCUT2D eigenvalue weighted by atomic mass is 9.99. The van der Waals surface area contributed by atoms with Gasteiger partial charge < -0.3 is 39.4 Å². The van der Waals surface area contributed by atoms with E-state index in [9.17, 15) is 30.0 Å². The smallest absolute Gasteiger partial charge is 0.306 e. The number of carbonyl (C=O) groups is 2. The van der Waals surface area contributed by atoms with Gasteiger partial charge in [0.05, 0.1) is 13.2 Å². The number of rotatable bonds is 32. The predicted octanol–water partition coefficient (Wildman–Crippen LogP) is 7.22. The minimum absolute atomic E-state index is 0.216. The summed E-state index contributed by atoms with van der Waals surface area (Å²) < 4.78 is 22.0. The number of unbranched alkanes of at least 4 members (excludes halogenated alkanes) is 19. The average Bonchev–Trinajstić information content (AvgIpc) is 3.10. The molecule has 0 spiro atoms. The lowest BCUT2D eigenvalue weighted by Crippen LogP contribution is -2.59. The fourth-order valence-electron chi connectivity index (χ4n) is 5.95. The van der Waals surface area contributed by atoms with E-state index in [1.165, 1.54) is 83.5 Å². The summed E-state index contributed by atoms with van der Waals surface area (Å²) in [6.07, 6.45) is 22.3. The third-order valence-electron chi connectivity index (χ3n) is 9.15. The Morgan fingerprint density at radius 1 is 0.612 bits per heavy atom. The maximum absolute atomic E-state index is 12.7. The van der Waals surface area contributed by atoms with Crippen molar-refractivity contribution >= 4 is 11.9 Å². The van der Waals surface area contributed by atoms with Crippen molar-refractivity contribution in [3.8, 4) is 0 Å². The van der Waals surface area contributed by atoms with Crippen LogP contribution in [0.4, 0.5) is 0 Å². The number of esters is 2. The number of carbonyl (C=O) groups excluding carboxylic acids is 2. The molecule has 1 saturated heterocycles. The third-order valence-corrected chi connectivity index (χ3v) is 9.15. The van der Waals surface area contributed by atoms with Crippen molar-refractivity contribution in [2.45, 2.75) is 205 Å². The second-order valence-corrected chi connectivity index (χ2v) is 13.7. The predicted molar refractivity (Wildman–Crippen MR) is 192 cm³/mol. The molecule has 4 N–H and O–H groups in total. The highest BCUT2D eigenvalue weighted by molar-refractivity contribution is 5.70. The largest absolute Gasteiger partial charge is 0.462 e. The average molecular weight is 701 g/mol. The van der Waals surface area contributed by atoms with Gasteiger partial charge in [-0.15, -0.1) is 0 Å². The molecule has 0 aromatic carbocycles. The number of aliphatic hydroxyl groups excluding tert-OH is 4. The molecule has 0 aliphatic carbocycles. The molecule has 1 heterocycles. The molecule has 10 heteroatoms. The van der Waals surface area contributed by atoms with Crippen molar-refractivity contribution in [1.82, 2.24) is 0 Å². The summed E-state index contributed by atoms with van der Waals surface area (Å²) in [6, 6.07) is 0.